The Morgan fingerprint density at radius 1 is 1.25 bits per heavy atom. The summed E-state index contributed by atoms with van der Waals surface area (Å²) >= 11 is 0. The van der Waals surface area contributed by atoms with Gasteiger partial charge >= 0.3 is 0 Å². The van der Waals surface area contributed by atoms with Gasteiger partial charge in [-0.05, 0) is 30.7 Å². The molecule has 20 heavy (non-hydrogen) atoms. The van der Waals surface area contributed by atoms with Gasteiger partial charge in [-0.3, -0.25) is 9.36 Å². The van der Waals surface area contributed by atoms with Gasteiger partial charge in [0.15, 0.2) is 0 Å². The van der Waals surface area contributed by atoms with Crippen LogP contribution in [0.25, 0.3) is 5.69 Å². The zero-order valence-electron chi connectivity index (χ0n) is 11.9. The van der Waals surface area contributed by atoms with Crippen LogP contribution in [0.15, 0.2) is 36.9 Å². The van der Waals surface area contributed by atoms with E-state index < -0.39 is 0 Å². The van der Waals surface area contributed by atoms with E-state index in [-0.39, 0.29) is 11.8 Å². The van der Waals surface area contributed by atoms with Gasteiger partial charge in [0.1, 0.15) is 12.7 Å². The van der Waals surface area contributed by atoms with Gasteiger partial charge in [0.05, 0.1) is 0 Å². The van der Waals surface area contributed by atoms with Crippen molar-refractivity contribution in [2.45, 2.75) is 33.1 Å². The molecule has 0 fully saturated rings. The Balaban J connectivity index is 1.95. The minimum atomic E-state index is 0.0486. The molecule has 0 saturated carbocycles. The first-order chi connectivity index (χ1) is 9.70. The van der Waals surface area contributed by atoms with Crippen molar-refractivity contribution in [2.24, 2.45) is 5.92 Å². The average molecular weight is 272 g/mol. The lowest BCUT2D eigenvalue weighted by molar-refractivity contribution is -0.119. The average Bonchev–Trinajstić information content (AvgIpc) is 2.99. The van der Waals surface area contributed by atoms with Gasteiger partial charge in [0, 0.05) is 17.3 Å². The number of rotatable bonds is 6. The Hall–Kier alpha value is -2.17. The second kappa shape index (κ2) is 6.84. The molecule has 0 radical (unpaired) electrons. The normalized spacial score (nSPS) is 12.1. The molecule has 1 aromatic heterocycles. The van der Waals surface area contributed by atoms with Crippen LogP contribution in [-0.4, -0.2) is 20.7 Å². The molecule has 106 valence electrons. The number of anilines is 1. The number of unbranched alkanes of at least 4 members (excludes halogenated alkanes) is 1. The predicted octanol–water partition coefficient (Wildman–Crippen LogP) is 3.03. The monoisotopic (exact) mass is 272 g/mol. The Morgan fingerprint density at radius 2 is 1.90 bits per heavy atom. The van der Waals surface area contributed by atoms with Gasteiger partial charge in [0.25, 0.3) is 0 Å². The molecule has 0 bridgehead atoms. The summed E-state index contributed by atoms with van der Waals surface area (Å²) in [5.41, 5.74) is 1.78. The summed E-state index contributed by atoms with van der Waals surface area (Å²) in [4.78, 5) is 12.0. The molecular formula is C15H20N4O. The van der Waals surface area contributed by atoms with E-state index >= 15 is 0 Å². The highest BCUT2D eigenvalue weighted by Crippen LogP contribution is 2.15. The molecule has 5 nitrogen and oxygen atoms in total. The summed E-state index contributed by atoms with van der Waals surface area (Å²) in [6.07, 6.45) is 6.41. The molecule has 0 spiro atoms. The van der Waals surface area contributed by atoms with Crippen molar-refractivity contribution < 1.29 is 4.79 Å². The van der Waals surface area contributed by atoms with Gasteiger partial charge in [-0.1, -0.05) is 26.7 Å². The summed E-state index contributed by atoms with van der Waals surface area (Å²) in [6, 6.07) is 7.63. The maximum atomic E-state index is 12.0. The number of hydrogen-bond donors (Lipinski definition) is 1. The van der Waals surface area contributed by atoms with Crippen molar-refractivity contribution in [1.29, 1.82) is 0 Å². The van der Waals surface area contributed by atoms with Crippen molar-refractivity contribution in [1.82, 2.24) is 14.8 Å². The maximum Gasteiger partial charge on any atom is 0.227 e. The van der Waals surface area contributed by atoms with Crippen LogP contribution >= 0.6 is 0 Å². The largest absolute Gasteiger partial charge is 0.326 e. The van der Waals surface area contributed by atoms with Crippen LogP contribution in [0.1, 0.15) is 33.1 Å². The van der Waals surface area contributed by atoms with E-state index in [9.17, 15) is 4.79 Å². The number of aromatic nitrogens is 3. The number of nitrogens with one attached hydrogen (secondary N) is 1. The zero-order chi connectivity index (χ0) is 14.4. The maximum absolute atomic E-state index is 12.0. The molecule has 1 atom stereocenters. The highest BCUT2D eigenvalue weighted by Gasteiger charge is 2.12. The molecule has 0 aliphatic rings. The molecular weight excluding hydrogens is 252 g/mol. The van der Waals surface area contributed by atoms with Crippen LogP contribution in [0.5, 0.6) is 0 Å². The highest BCUT2D eigenvalue weighted by atomic mass is 16.1. The number of carbonyl (C=O) groups excluding carboxylic acids is 1. The lowest BCUT2D eigenvalue weighted by Gasteiger charge is -2.12. The van der Waals surface area contributed by atoms with E-state index in [2.05, 4.69) is 22.4 Å². The highest BCUT2D eigenvalue weighted by molar-refractivity contribution is 5.92. The number of amides is 1. The Morgan fingerprint density at radius 3 is 2.50 bits per heavy atom. The third kappa shape index (κ3) is 3.66. The molecule has 5 heteroatoms. The molecule has 1 aromatic carbocycles. The Bertz CT molecular complexity index is 534. The molecule has 2 aromatic rings. The first-order valence-electron chi connectivity index (χ1n) is 6.96. The Labute approximate surface area is 119 Å². The smallest absolute Gasteiger partial charge is 0.227 e. The minimum absolute atomic E-state index is 0.0486. The molecule has 1 N–H and O–H groups in total. The summed E-state index contributed by atoms with van der Waals surface area (Å²) in [5, 5.41) is 10.5. The third-order valence-corrected chi connectivity index (χ3v) is 3.29. The fraction of sp³-hybridized carbons (Fsp3) is 0.400. The van der Waals surface area contributed by atoms with E-state index in [0.29, 0.717) is 0 Å². The fourth-order valence-electron chi connectivity index (χ4n) is 1.96. The minimum Gasteiger partial charge on any atom is -0.326 e. The number of nitrogens with zero attached hydrogens (tertiary/aromatic N) is 3. The van der Waals surface area contributed by atoms with E-state index in [1.807, 2.05) is 35.8 Å². The summed E-state index contributed by atoms with van der Waals surface area (Å²) in [7, 11) is 0. The van der Waals surface area contributed by atoms with Crippen LogP contribution < -0.4 is 5.32 Å². The van der Waals surface area contributed by atoms with E-state index in [0.717, 1.165) is 30.6 Å². The lowest BCUT2D eigenvalue weighted by Crippen LogP contribution is -2.20. The zero-order valence-corrected chi connectivity index (χ0v) is 11.9. The predicted molar refractivity (Wildman–Crippen MR) is 78.7 cm³/mol. The summed E-state index contributed by atoms with van der Waals surface area (Å²) < 4.78 is 1.81. The SMILES string of the molecule is CCCCC(C)C(=O)Nc1ccc(-n2cnnc2)cc1. The quantitative estimate of drug-likeness (QED) is 0.879. The summed E-state index contributed by atoms with van der Waals surface area (Å²) in [5.74, 6) is 0.128. The van der Waals surface area contributed by atoms with Crippen molar-refractivity contribution in [3.05, 3.63) is 36.9 Å². The topological polar surface area (TPSA) is 59.8 Å². The van der Waals surface area contributed by atoms with Crippen LogP contribution in [0.3, 0.4) is 0 Å². The van der Waals surface area contributed by atoms with E-state index in [4.69, 9.17) is 0 Å². The Kier molecular flexibility index (Phi) is 4.87. The van der Waals surface area contributed by atoms with Gasteiger partial charge < -0.3 is 5.32 Å². The number of hydrogen-bond acceptors (Lipinski definition) is 3. The van der Waals surface area contributed by atoms with E-state index in [1.54, 1.807) is 12.7 Å². The molecule has 2 rings (SSSR count). The first kappa shape index (κ1) is 14.2. The van der Waals surface area contributed by atoms with Crippen LogP contribution in [0, 0.1) is 5.92 Å². The van der Waals surface area contributed by atoms with Crippen molar-refractivity contribution in [2.75, 3.05) is 5.32 Å². The molecule has 0 aliphatic carbocycles. The van der Waals surface area contributed by atoms with Gasteiger partial charge in [-0.2, -0.15) is 0 Å². The fourth-order valence-corrected chi connectivity index (χ4v) is 1.96. The van der Waals surface area contributed by atoms with Gasteiger partial charge in [0.2, 0.25) is 5.91 Å². The molecule has 0 aliphatic heterocycles. The number of benzene rings is 1. The van der Waals surface area contributed by atoms with E-state index in [1.165, 1.54) is 0 Å². The van der Waals surface area contributed by atoms with Gasteiger partial charge in [-0.15, -0.1) is 10.2 Å². The van der Waals surface area contributed by atoms with Crippen molar-refractivity contribution >= 4 is 11.6 Å². The second-order valence-electron chi connectivity index (χ2n) is 4.95. The summed E-state index contributed by atoms with van der Waals surface area (Å²) in [6.45, 7) is 4.10. The standard InChI is InChI=1S/C15H20N4O/c1-3-4-5-12(2)15(20)18-13-6-8-14(9-7-13)19-10-16-17-11-19/h6-12H,3-5H2,1-2H3,(H,18,20). The molecule has 1 amide bonds. The third-order valence-electron chi connectivity index (χ3n) is 3.29. The second-order valence-corrected chi connectivity index (χ2v) is 4.95. The van der Waals surface area contributed by atoms with Gasteiger partial charge in [-0.25, -0.2) is 0 Å². The molecule has 1 heterocycles. The molecule has 0 saturated heterocycles. The van der Waals surface area contributed by atoms with Crippen molar-refractivity contribution in [3.63, 3.8) is 0 Å². The first-order valence-corrected chi connectivity index (χ1v) is 6.96. The lowest BCUT2D eigenvalue weighted by atomic mass is 10.0. The number of carbonyl (C=O) groups is 1. The van der Waals surface area contributed by atoms with Crippen molar-refractivity contribution in [3.8, 4) is 5.69 Å². The van der Waals surface area contributed by atoms with Crippen LogP contribution in [0.2, 0.25) is 0 Å². The van der Waals surface area contributed by atoms with Crippen LogP contribution in [-0.2, 0) is 4.79 Å². The molecule has 1 unspecified atom stereocenters. The van der Waals surface area contributed by atoms with Crippen LogP contribution in [0.4, 0.5) is 5.69 Å².